The second-order valence-corrected chi connectivity index (χ2v) is 7.57. The van der Waals surface area contributed by atoms with Gasteiger partial charge >= 0.3 is 6.03 Å². The van der Waals surface area contributed by atoms with E-state index < -0.39 is 10.0 Å². The van der Waals surface area contributed by atoms with Crippen LogP contribution in [0.1, 0.15) is 18.4 Å². The largest absolute Gasteiger partial charge is 0.338 e. The molecule has 2 N–H and O–H groups in total. The minimum atomic E-state index is -3.27. The van der Waals surface area contributed by atoms with E-state index in [1.165, 1.54) is 12.1 Å². The third-order valence-corrected chi connectivity index (χ3v) is 4.43. The van der Waals surface area contributed by atoms with Crippen LogP contribution in [0.3, 0.4) is 0 Å². The van der Waals surface area contributed by atoms with E-state index in [0.29, 0.717) is 26.1 Å². The van der Waals surface area contributed by atoms with Crippen LogP contribution in [0.5, 0.6) is 0 Å². The number of hydrogen-bond donors (Lipinski definition) is 2. The number of halogens is 1. The van der Waals surface area contributed by atoms with Crippen molar-refractivity contribution in [3.05, 3.63) is 35.6 Å². The second kappa shape index (κ2) is 7.74. The predicted octanol–water partition coefficient (Wildman–Crippen LogP) is 1.09. The van der Waals surface area contributed by atoms with Crippen LogP contribution in [0.25, 0.3) is 0 Å². The van der Waals surface area contributed by atoms with E-state index in [0.717, 1.165) is 24.7 Å². The van der Waals surface area contributed by atoms with Gasteiger partial charge in [-0.15, -0.1) is 0 Å². The molecule has 1 fully saturated rings. The Bertz CT molecular complexity index is 651. The van der Waals surface area contributed by atoms with Gasteiger partial charge in [-0.1, -0.05) is 12.1 Å². The highest BCUT2D eigenvalue weighted by atomic mass is 32.2. The van der Waals surface area contributed by atoms with Crippen molar-refractivity contribution >= 4 is 16.1 Å². The zero-order valence-corrected chi connectivity index (χ0v) is 13.9. The molecule has 1 aliphatic rings. The van der Waals surface area contributed by atoms with Gasteiger partial charge in [0.25, 0.3) is 0 Å². The van der Waals surface area contributed by atoms with Crippen LogP contribution < -0.4 is 10.0 Å². The minimum absolute atomic E-state index is 0.221. The van der Waals surface area contributed by atoms with Gasteiger partial charge in [0.15, 0.2) is 0 Å². The van der Waals surface area contributed by atoms with E-state index in [4.69, 9.17) is 0 Å². The number of carbonyl (C=O) groups excluding carboxylic acids is 1. The molecule has 1 aliphatic heterocycles. The van der Waals surface area contributed by atoms with Gasteiger partial charge in [0.1, 0.15) is 5.82 Å². The summed E-state index contributed by atoms with van der Waals surface area (Å²) >= 11 is 0. The molecule has 0 bridgehead atoms. The van der Waals surface area contributed by atoms with Gasteiger partial charge in [0, 0.05) is 25.7 Å². The number of likely N-dealkylation sites (tertiary alicyclic amines) is 1. The first-order valence-corrected chi connectivity index (χ1v) is 9.47. The molecule has 23 heavy (non-hydrogen) atoms. The molecule has 0 aromatic heterocycles. The average Bonchev–Trinajstić information content (AvgIpc) is 2.45. The van der Waals surface area contributed by atoms with Crippen LogP contribution in [0, 0.1) is 5.82 Å². The summed E-state index contributed by atoms with van der Waals surface area (Å²) in [6.07, 6.45) is 3.14. The molecule has 6 nitrogen and oxygen atoms in total. The molecule has 1 atom stereocenters. The maximum Gasteiger partial charge on any atom is 0.317 e. The lowest BCUT2D eigenvalue weighted by Crippen LogP contribution is -2.52. The molecular formula is C15H22FN3O3S. The summed E-state index contributed by atoms with van der Waals surface area (Å²) in [5.41, 5.74) is 0.820. The Hall–Kier alpha value is -1.67. The van der Waals surface area contributed by atoms with Crippen LogP contribution in [-0.4, -0.2) is 51.3 Å². The third kappa shape index (κ3) is 6.15. The Balaban J connectivity index is 1.78. The molecule has 128 valence electrons. The Labute approximate surface area is 136 Å². The number of sulfonamides is 1. The summed E-state index contributed by atoms with van der Waals surface area (Å²) in [4.78, 5) is 13.7. The fourth-order valence-electron chi connectivity index (χ4n) is 2.68. The lowest BCUT2D eigenvalue weighted by atomic mass is 10.1. The summed E-state index contributed by atoms with van der Waals surface area (Å²) in [7, 11) is -3.27. The molecule has 0 saturated carbocycles. The Morgan fingerprint density at radius 2 is 2.22 bits per heavy atom. The zero-order valence-electron chi connectivity index (χ0n) is 13.1. The molecule has 8 heteroatoms. The first kappa shape index (κ1) is 17.7. The van der Waals surface area contributed by atoms with Crippen LogP contribution in [0.4, 0.5) is 9.18 Å². The molecule has 0 spiro atoms. The fraction of sp³-hybridized carbons (Fsp3) is 0.533. The number of amides is 2. The lowest BCUT2D eigenvalue weighted by Gasteiger charge is -2.32. The highest BCUT2D eigenvalue weighted by Crippen LogP contribution is 2.11. The number of nitrogens with zero attached hydrogens (tertiary/aromatic N) is 1. The number of carbonyl (C=O) groups is 1. The second-order valence-electron chi connectivity index (χ2n) is 5.79. The van der Waals surface area contributed by atoms with Gasteiger partial charge in [-0.3, -0.25) is 0 Å². The molecule has 0 unspecified atom stereocenters. The minimum Gasteiger partial charge on any atom is -0.338 e. The van der Waals surface area contributed by atoms with Crippen molar-refractivity contribution in [2.45, 2.75) is 25.3 Å². The first-order chi connectivity index (χ1) is 10.8. The molecule has 1 heterocycles. The van der Waals surface area contributed by atoms with Crippen LogP contribution >= 0.6 is 0 Å². The topological polar surface area (TPSA) is 78.5 Å². The number of hydrogen-bond acceptors (Lipinski definition) is 3. The summed E-state index contributed by atoms with van der Waals surface area (Å²) < 4.78 is 38.2. The summed E-state index contributed by atoms with van der Waals surface area (Å²) in [6.45, 7) is 1.37. The van der Waals surface area contributed by atoms with Crippen molar-refractivity contribution in [2.24, 2.45) is 0 Å². The number of rotatable bonds is 5. The van der Waals surface area contributed by atoms with E-state index in [1.807, 2.05) is 6.07 Å². The zero-order chi connectivity index (χ0) is 16.9. The monoisotopic (exact) mass is 343 g/mol. The van der Waals surface area contributed by atoms with E-state index in [9.17, 15) is 17.6 Å². The number of piperidine rings is 1. The molecule has 0 aliphatic carbocycles. The van der Waals surface area contributed by atoms with Crippen LogP contribution in [-0.2, 0) is 16.4 Å². The number of nitrogens with one attached hydrogen (secondary N) is 2. The van der Waals surface area contributed by atoms with Gasteiger partial charge in [-0.25, -0.2) is 22.3 Å². The van der Waals surface area contributed by atoms with Crippen molar-refractivity contribution < 1.29 is 17.6 Å². The van der Waals surface area contributed by atoms with Crippen molar-refractivity contribution in [2.75, 3.05) is 25.9 Å². The van der Waals surface area contributed by atoms with E-state index in [2.05, 4.69) is 10.0 Å². The van der Waals surface area contributed by atoms with E-state index >= 15 is 0 Å². The van der Waals surface area contributed by atoms with E-state index in [1.54, 1.807) is 11.0 Å². The third-order valence-electron chi connectivity index (χ3n) is 3.67. The summed E-state index contributed by atoms with van der Waals surface area (Å²) in [6, 6.07) is 5.80. The van der Waals surface area contributed by atoms with Crippen molar-refractivity contribution in [3.8, 4) is 0 Å². The lowest BCUT2D eigenvalue weighted by molar-refractivity contribution is 0.177. The Morgan fingerprint density at radius 3 is 2.91 bits per heavy atom. The SMILES string of the molecule is CS(=O)(=O)N[C@H]1CCCN(C(=O)NCCc2cccc(F)c2)C1. The van der Waals surface area contributed by atoms with Gasteiger partial charge in [0.05, 0.1) is 6.26 Å². The van der Waals surface area contributed by atoms with Crippen molar-refractivity contribution in [1.29, 1.82) is 0 Å². The van der Waals surface area contributed by atoms with Crippen LogP contribution in [0.15, 0.2) is 24.3 Å². The maximum absolute atomic E-state index is 13.1. The van der Waals surface area contributed by atoms with Crippen molar-refractivity contribution in [3.63, 3.8) is 0 Å². The van der Waals surface area contributed by atoms with Crippen LogP contribution in [0.2, 0.25) is 0 Å². The van der Waals surface area contributed by atoms with Gasteiger partial charge in [-0.05, 0) is 37.0 Å². The molecular weight excluding hydrogens is 321 g/mol. The highest BCUT2D eigenvalue weighted by Gasteiger charge is 2.25. The van der Waals surface area contributed by atoms with Gasteiger partial charge in [0.2, 0.25) is 10.0 Å². The highest BCUT2D eigenvalue weighted by molar-refractivity contribution is 7.88. The summed E-state index contributed by atoms with van der Waals surface area (Å²) in [5, 5.41) is 2.79. The molecule has 0 radical (unpaired) electrons. The van der Waals surface area contributed by atoms with Gasteiger partial charge < -0.3 is 10.2 Å². The quantitative estimate of drug-likeness (QED) is 0.840. The van der Waals surface area contributed by atoms with Crippen molar-refractivity contribution in [1.82, 2.24) is 14.9 Å². The normalized spacial score (nSPS) is 18.7. The predicted molar refractivity (Wildman–Crippen MR) is 86.1 cm³/mol. The average molecular weight is 343 g/mol. The Kier molecular flexibility index (Phi) is 5.95. The molecule has 1 aromatic rings. The standard InChI is InChI=1S/C15H22FN3O3S/c1-23(21,22)18-14-6-3-9-19(11-14)15(20)17-8-7-12-4-2-5-13(16)10-12/h2,4-5,10,14,18H,3,6-9,11H2,1H3,(H,17,20)/t14-/m0/s1. The first-order valence-electron chi connectivity index (χ1n) is 7.58. The summed E-state index contributed by atoms with van der Waals surface area (Å²) in [5.74, 6) is -0.292. The molecule has 1 saturated heterocycles. The number of benzene rings is 1. The maximum atomic E-state index is 13.1. The smallest absolute Gasteiger partial charge is 0.317 e. The molecule has 2 amide bonds. The van der Waals surface area contributed by atoms with Gasteiger partial charge in [-0.2, -0.15) is 0 Å². The Morgan fingerprint density at radius 1 is 1.43 bits per heavy atom. The molecule has 1 aromatic carbocycles. The molecule has 2 rings (SSSR count). The number of urea groups is 1. The van der Waals surface area contributed by atoms with E-state index in [-0.39, 0.29) is 17.9 Å². The fourth-order valence-corrected chi connectivity index (χ4v) is 3.48.